The third-order valence-corrected chi connectivity index (χ3v) is 7.34. The third kappa shape index (κ3) is 4.06. The van der Waals surface area contributed by atoms with Crippen LogP contribution in [0.4, 0.5) is 0 Å². The second-order valence-corrected chi connectivity index (χ2v) is 9.43. The van der Waals surface area contributed by atoms with E-state index in [2.05, 4.69) is 12.2 Å². The number of ether oxygens (including phenoxy) is 3. The van der Waals surface area contributed by atoms with E-state index in [1.54, 1.807) is 0 Å². The third-order valence-electron chi connectivity index (χ3n) is 7.34. The molecule has 0 aromatic heterocycles. The summed E-state index contributed by atoms with van der Waals surface area (Å²) < 4.78 is 18.0. The molecule has 10 heteroatoms. The molecule has 1 amide bonds. The summed E-state index contributed by atoms with van der Waals surface area (Å²) in [5.41, 5.74) is -0.729. The molecule has 0 aromatic rings. The van der Waals surface area contributed by atoms with Gasteiger partial charge in [-0.15, -0.1) is 0 Å². The maximum atomic E-state index is 12.4. The van der Waals surface area contributed by atoms with Crippen molar-refractivity contribution in [2.75, 3.05) is 6.54 Å². The van der Waals surface area contributed by atoms with Gasteiger partial charge in [0.2, 0.25) is 18.0 Å². The van der Waals surface area contributed by atoms with Crippen molar-refractivity contribution in [3.8, 4) is 0 Å². The zero-order chi connectivity index (χ0) is 22.4. The Kier molecular flexibility index (Phi) is 6.01. The van der Waals surface area contributed by atoms with Crippen LogP contribution in [0.25, 0.3) is 0 Å². The topological polar surface area (TPSA) is 130 Å². The van der Waals surface area contributed by atoms with Crippen LogP contribution in [0.1, 0.15) is 59.3 Å². The number of rotatable bonds is 6. The summed E-state index contributed by atoms with van der Waals surface area (Å²) in [4.78, 5) is 46.4. The maximum Gasteiger partial charge on any atom is 0.322 e. The van der Waals surface area contributed by atoms with Crippen molar-refractivity contribution >= 4 is 17.8 Å². The molecule has 4 heterocycles. The summed E-state index contributed by atoms with van der Waals surface area (Å²) in [5, 5.41) is 10.8. The average Bonchev–Trinajstić information content (AvgIpc) is 2.94. The van der Waals surface area contributed by atoms with E-state index in [0.29, 0.717) is 12.3 Å². The lowest BCUT2D eigenvalue weighted by Crippen LogP contribution is -2.70. The second kappa shape index (κ2) is 8.31. The molecule has 4 saturated heterocycles. The summed E-state index contributed by atoms with van der Waals surface area (Å²) in [6.45, 7) is 5.54. The van der Waals surface area contributed by atoms with Gasteiger partial charge in [-0.2, -0.15) is 0 Å². The minimum atomic E-state index is -1.15. The lowest BCUT2D eigenvalue weighted by molar-refractivity contribution is -0.576. The van der Waals surface area contributed by atoms with Crippen LogP contribution in [0.15, 0.2) is 0 Å². The quantitative estimate of drug-likeness (QED) is 0.467. The molecule has 2 bridgehead atoms. The molecule has 8 unspecified atom stereocenters. The molecule has 31 heavy (non-hydrogen) atoms. The minimum Gasteiger partial charge on any atom is -0.480 e. The van der Waals surface area contributed by atoms with Crippen LogP contribution in [-0.4, -0.2) is 53.5 Å². The predicted octanol–water partition coefficient (Wildman–Crippen LogP) is 1.72. The number of amides is 1. The first-order valence-corrected chi connectivity index (χ1v) is 11.0. The Morgan fingerprint density at radius 3 is 2.61 bits per heavy atom. The lowest BCUT2D eigenvalue weighted by atomic mass is 9.58. The van der Waals surface area contributed by atoms with Crippen LogP contribution in [-0.2, 0) is 38.4 Å². The van der Waals surface area contributed by atoms with Gasteiger partial charge in [0.1, 0.15) is 6.54 Å². The molecule has 2 N–H and O–H groups in total. The van der Waals surface area contributed by atoms with Gasteiger partial charge in [0.25, 0.3) is 0 Å². The van der Waals surface area contributed by atoms with Crippen molar-refractivity contribution in [1.29, 1.82) is 0 Å². The maximum absolute atomic E-state index is 12.4. The van der Waals surface area contributed by atoms with E-state index in [9.17, 15) is 14.4 Å². The number of carboxylic acids is 1. The number of carbonyl (C=O) groups excluding carboxylic acids is 2. The highest BCUT2D eigenvalue weighted by Crippen LogP contribution is 2.60. The van der Waals surface area contributed by atoms with Gasteiger partial charge in [0.15, 0.2) is 11.9 Å². The number of nitrogens with one attached hydrogen (secondary N) is 1. The SMILES string of the molecule is CC1CCC2C(C)C(OC(=O)CCC(=O)NCC(=O)O)OC3OC4(C)CCC1C32OO4. The normalized spacial score (nSPS) is 43.5. The molecule has 4 aliphatic heterocycles. The number of hydrogen-bond donors (Lipinski definition) is 2. The molecule has 5 fully saturated rings. The fourth-order valence-electron chi connectivity index (χ4n) is 5.67. The van der Waals surface area contributed by atoms with Crippen molar-refractivity contribution in [3.63, 3.8) is 0 Å². The fraction of sp³-hybridized carbons (Fsp3) is 0.857. The van der Waals surface area contributed by atoms with Gasteiger partial charge in [-0.25, -0.2) is 9.78 Å². The van der Waals surface area contributed by atoms with Gasteiger partial charge in [-0.3, -0.25) is 14.4 Å². The Morgan fingerprint density at radius 2 is 1.87 bits per heavy atom. The van der Waals surface area contributed by atoms with E-state index in [4.69, 9.17) is 29.1 Å². The fourth-order valence-corrected chi connectivity index (χ4v) is 5.67. The van der Waals surface area contributed by atoms with Crippen molar-refractivity contribution in [1.82, 2.24) is 5.32 Å². The summed E-state index contributed by atoms with van der Waals surface area (Å²) in [5.74, 6) is -2.62. The van der Waals surface area contributed by atoms with Gasteiger partial charge >= 0.3 is 11.9 Å². The molecular weight excluding hydrogens is 410 g/mol. The van der Waals surface area contributed by atoms with E-state index in [1.165, 1.54) is 0 Å². The number of aliphatic carboxylic acids is 1. The summed E-state index contributed by atoms with van der Waals surface area (Å²) >= 11 is 0. The molecule has 8 atom stereocenters. The number of carboxylic acid groups (broad SMARTS) is 1. The van der Waals surface area contributed by atoms with Crippen molar-refractivity contribution in [2.45, 2.75) is 83.3 Å². The van der Waals surface area contributed by atoms with Crippen LogP contribution in [0.3, 0.4) is 0 Å². The molecule has 0 radical (unpaired) electrons. The van der Waals surface area contributed by atoms with E-state index in [1.807, 2.05) is 13.8 Å². The van der Waals surface area contributed by atoms with Crippen LogP contribution >= 0.6 is 0 Å². The van der Waals surface area contributed by atoms with Crippen LogP contribution in [0.5, 0.6) is 0 Å². The molecule has 1 aliphatic carbocycles. The van der Waals surface area contributed by atoms with Gasteiger partial charge in [-0.1, -0.05) is 13.8 Å². The van der Waals surface area contributed by atoms with Crippen LogP contribution < -0.4 is 5.32 Å². The van der Waals surface area contributed by atoms with Crippen molar-refractivity contribution < 1.29 is 43.5 Å². The molecule has 174 valence electrons. The number of esters is 1. The monoisotopic (exact) mass is 441 g/mol. The van der Waals surface area contributed by atoms with Gasteiger partial charge in [0, 0.05) is 24.7 Å². The van der Waals surface area contributed by atoms with E-state index >= 15 is 0 Å². The van der Waals surface area contributed by atoms with E-state index in [0.717, 1.165) is 19.3 Å². The molecule has 0 aromatic carbocycles. The molecule has 1 saturated carbocycles. The van der Waals surface area contributed by atoms with Crippen molar-refractivity contribution in [2.24, 2.45) is 23.7 Å². The first-order valence-electron chi connectivity index (χ1n) is 11.0. The van der Waals surface area contributed by atoms with Gasteiger partial charge < -0.3 is 24.6 Å². The molecule has 1 spiro atoms. The van der Waals surface area contributed by atoms with Crippen molar-refractivity contribution in [3.05, 3.63) is 0 Å². The van der Waals surface area contributed by atoms with Gasteiger partial charge in [-0.05, 0) is 38.0 Å². The molecule has 5 aliphatic rings. The minimum absolute atomic E-state index is 0.0340. The highest BCUT2D eigenvalue weighted by atomic mass is 17.3. The summed E-state index contributed by atoms with van der Waals surface area (Å²) in [6.07, 6.45) is 1.67. The van der Waals surface area contributed by atoms with E-state index in [-0.39, 0.29) is 30.6 Å². The smallest absolute Gasteiger partial charge is 0.322 e. The Balaban J connectivity index is 1.44. The Morgan fingerprint density at radius 1 is 1.10 bits per heavy atom. The number of carbonyl (C=O) groups is 3. The van der Waals surface area contributed by atoms with E-state index < -0.39 is 48.4 Å². The summed E-state index contributed by atoms with van der Waals surface area (Å²) in [7, 11) is 0. The number of fused-ring (bicyclic) bond motifs is 2. The zero-order valence-electron chi connectivity index (χ0n) is 18.1. The first-order chi connectivity index (χ1) is 14.6. The summed E-state index contributed by atoms with van der Waals surface area (Å²) in [6, 6.07) is 0. The first kappa shape index (κ1) is 22.4. The largest absolute Gasteiger partial charge is 0.480 e. The second-order valence-electron chi connectivity index (χ2n) is 9.43. The zero-order valence-corrected chi connectivity index (χ0v) is 18.1. The standard InChI is InChI=1S/C21H31NO9/c1-11-4-5-14-12(2)18(27-17(26)7-6-15(23)22-10-16(24)25)28-19-21(14)13(11)8-9-20(3,29-19)30-31-21/h11-14,18-19H,4-10H2,1-3H3,(H,22,23)(H,24,25). The van der Waals surface area contributed by atoms with Gasteiger partial charge in [0.05, 0.1) is 6.42 Å². The molecular formula is C21H31NO9. The van der Waals surface area contributed by atoms with Crippen LogP contribution in [0, 0.1) is 23.7 Å². The predicted molar refractivity (Wildman–Crippen MR) is 103 cm³/mol. The Bertz CT molecular complexity index is 744. The highest BCUT2D eigenvalue weighted by molar-refractivity contribution is 5.84. The molecule has 10 nitrogen and oxygen atoms in total. The highest BCUT2D eigenvalue weighted by Gasteiger charge is 2.69. The lowest BCUT2D eigenvalue weighted by Gasteiger charge is -2.59. The number of hydrogen-bond acceptors (Lipinski definition) is 8. The average molecular weight is 441 g/mol. The van der Waals surface area contributed by atoms with Crippen LogP contribution in [0.2, 0.25) is 0 Å². The molecule has 5 rings (SSSR count). The Labute approximate surface area is 180 Å². The Hall–Kier alpha value is -1.75.